The number of carbonyl (C=O) groups is 2. The first-order chi connectivity index (χ1) is 8.91. The Hall–Kier alpha value is -1.42. The first kappa shape index (κ1) is 12.6. The smallest absolute Gasteiger partial charge is 0.334 e. The number of ketones is 1. The molecule has 2 aliphatic carbocycles. The Morgan fingerprint density at radius 3 is 2.74 bits per heavy atom. The van der Waals surface area contributed by atoms with E-state index < -0.39 is 18.0 Å². The Kier molecular flexibility index (Phi) is 2.68. The van der Waals surface area contributed by atoms with Crippen molar-refractivity contribution in [3.8, 4) is 0 Å². The van der Waals surface area contributed by atoms with Crippen molar-refractivity contribution in [3.05, 3.63) is 23.3 Å². The first-order valence-corrected chi connectivity index (χ1v) is 6.73. The van der Waals surface area contributed by atoms with Crippen LogP contribution in [0.15, 0.2) is 23.3 Å². The summed E-state index contributed by atoms with van der Waals surface area (Å²) in [5, 5.41) is 10.6. The minimum atomic E-state index is -0.814. The number of hydrogen-bond donors (Lipinski definition) is 1. The Morgan fingerprint density at radius 1 is 1.37 bits per heavy atom. The number of Topliss-reactive ketones (excluding diaryl/α,β-unsaturated/α-hetero) is 1. The highest BCUT2D eigenvalue weighted by Crippen LogP contribution is 2.48. The van der Waals surface area contributed by atoms with Crippen LogP contribution in [0.25, 0.3) is 0 Å². The molecule has 4 nitrogen and oxygen atoms in total. The summed E-state index contributed by atoms with van der Waals surface area (Å²) in [6, 6.07) is 0. The van der Waals surface area contributed by atoms with Crippen LogP contribution in [0, 0.1) is 17.8 Å². The number of carbonyl (C=O) groups excluding carboxylic acids is 2. The number of esters is 1. The van der Waals surface area contributed by atoms with Gasteiger partial charge >= 0.3 is 5.97 Å². The molecule has 0 aromatic heterocycles. The van der Waals surface area contributed by atoms with E-state index in [4.69, 9.17) is 4.74 Å². The molecule has 19 heavy (non-hydrogen) atoms. The average Bonchev–Trinajstić information content (AvgIpc) is 2.75. The number of aliphatic hydroxyl groups excluding tert-OH is 1. The Morgan fingerprint density at radius 2 is 2.05 bits per heavy atom. The van der Waals surface area contributed by atoms with Gasteiger partial charge in [-0.3, -0.25) is 4.79 Å². The van der Waals surface area contributed by atoms with Gasteiger partial charge in [-0.2, -0.15) is 0 Å². The fraction of sp³-hybridized carbons (Fsp3) is 0.600. The van der Waals surface area contributed by atoms with Gasteiger partial charge in [0.15, 0.2) is 5.78 Å². The molecule has 0 unspecified atom stereocenters. The molecule has 0 bridgehead atoms. The number of rotatable bonds is 0. The molecule has 3 rings (SSSR count). The van der Waals surface area contributed by atoms with Crippen LogP contribution < -0.4 is 0 Å². The lowest BCUT2D eigenvalue weighted by Gasteiger charge is -2.22. The Balaban J connectivity index is 2.08. The van der Waals surface area contributed by atoms with Crippen molar-refractivity contribution >= 4 is 11.8 Å². The van der Waals surface area contributed by atoms with Gasteiger partial charge in [0.25, 0.3) is 0 Å². The zero-order valence-corrected chi connectivity index (χ0v) is 11.2. The molecule has 0 amide bonds. The van der Waals surface area contributed by atoms with Crippen LogP contribution in [0.3, 0.4) is 0 Å². The topological polar surface area (TPSA) is 63.6 Å². The van der Waals surface area contributed by atoms with Crippen LogP contribution >= 0.6 is 0 Å². The summed E-state index contributed by atoms with van der Waals surface area (Å²) in [6.45, 7) is 7.58. The lowest BCUT2D eigenvalue weighted by Crippen LogP contribution is -2.29. The Bertz CT molecular complexity index is 516. The van der Waals surface area contributed by atoms with Crippen LogP contribution in [-0.2, 0) is 14.3 Å². The van der Waals surface area contributed by atoms with E-state index in [1.807, 2.05) is 0 Å². The zero-order valence-electron chi connectivity index (χ0n) is 11.2. The van der Waals surface area contributed by atoms with E-state index in [0.29, 0.717) is 24.0 Å². The predicted octanol–water partition coefficient (Wildman–Crippen LogP) is 1.39. The SMILES string of the molecule is C=C1C(=O)O[C@H]2C[C@H](C)[C@@H]3CC(=O)C(C)=C3[C@@H](O)[C@@H]12. The standard InChI is InChI=1S/C15H18O4/c1-6-4-11-13(8(3)15(18)19-11)14(17)12-7(2)10(16)5-9(6)12/h6,9,11,13-14,17H,3-5H2,1-2H3/t6-,9-,11-,13-,14+/m0/s1. The van der Waals surface area contributed by atoms with E-state index in [1.165, 1.54) is 0 Å². The quantitative estimate of drug-likeness (QED) is 0.529. The summed E-state index contributed by atoms with van der Waals surface area (Å²) in [5.41, 5.74) is 1.81. The molecule has 2 fully saturated rings. The minimum absolute atomic E-state index is 0.0830. The fourth-order valence-electron chi connectivity index (χ4n) is 3.81. The summed E-state index contributed by atoms with van der Waals surface area (Å²) in [6.07, 6.45) is 0.0388. The molecule has 1 aliphatic heterocycles. The monoisotopic (exact) mass is 262 g/mol. The molecule has 4 heteroatoms. The van der Waals surface area contributed by atoms with Gasteiger partial charge < -0.3 is 9.84 Å². The normalized spacial score (nSPS) is 42.1. The number of ether oxygens (including phenoxy) is 1. The highest BCUT2D eigenvalue weighted by molar-refractivity contribution is 5.99. The second-order valence-electron chi connectivity index (χ2n) is 5.97. The molecule has 1 N–H and O–H groups in total. The van der Waals surface area contributed by atoms with Gasteiger partial charge in [-0.1, -0.05) is 13.5 Å². The van der Waals surface area contributed by atoms with Gasteiger partial charge in [0, 0.05) is 12.0 Å². The van der Waals surface area contributed by atoms with Gasteiger partial charge in [0.2, 0.25) is 0 Å². The van der Waals surface area contributed by atoms with Crippen LogP contribution in [0.2, 0.25) is 0 Å². The van der Waals surface area contributed by atoms with Crippen LogP contribution in [0.5, 0.6) is 0 Å². The molecule has 5 atom stereocenters. The third-order valence-electron chi connectivity index (χ3n) is 4.93. The van der Waals surface area contributed by atoms with E-state index in [9.17, 15) is 14.7 Å². The van der Waals surface area contributed by atoms with Gasteiger partial charge in [0.1, 0.15) is 6.10 Å². The first-order valence-electron chi connectivity index (χ1n) is 6.73. The van der Waals surface area contributed by atoms with E-state index in [2.05, 4.69) is 13.5 Å². The third-order valence-corrected chi connectivity index (χ3v) is 4.93. The van der Waals surface area contributed by atoms with E-state index >= 15 is 0 Å². The van der Waals surface area contributed by atoms with Crippen molar-refractivity contribution in [1.82, 2.24) is 0 Å². The van der Waals surface area contributed by atoms with Gasteiger partial charge in [0.05, 0.1) is 12.0 Å². The lowest BCUT2D eigenvalue weighted by molar-refractivity contribution is -0.140. The Labute approximate surface area is 112 Å². The van der Waals surface area contributed by atoms with E-state index in [1.54, 1.807) is 6.92 Å². The number of fused-ring (bicyclic) bond motifs is 2. The molecular formula is C15H18O4. The summed E-state index contributed by atoms with van der Waals surface area (Å²) in [5.74, 6) is -0.391. The van der Waals surface area contributed by atoms with Gasteiger partial charge in [-0.15, -0.1) is 0 Å². The van der Waals surface area contributed by atoms with Gasteiger partial charge in [-0.05, 0) is 36.3 Å². The van der Waals surface area contributed by atoms with Crippen LogP contribution in [0.1, 0.15) is 26.7 Å². The van der Waals surface area contributed by atoms with Crippen molar-refractivity contribution in [2.75, 3.05) is 0 Å². The second-order valence-corrected chi connectivity index (χ2v) is 5.97. The lowest BCUT2D eigenvalue weighted by atomic mass is 9.84. The largest absolute Gasteiger partial charge is 0.458 e. The molecular weight excluding hydrogens is 244 g/mol. The summed E-state index contributed by atoms with van der Waals surface area (Å²) in [4.78, 5) is 23.5. The predicted molar refractivity (Wildman–Crippen MR) is 68.1 cm³/mol. The maximum atomic E-state index is 11.9. The molecule has 1 saturated carbocycles. The zero-order chi connectivity index (χ0) is 13.9. The van der Waals surface area contributed by atoms with Crippen molar-refractivity contribution < 1.29 is 19.4 Å². The molecule has 3 aliphatic rings. The molecule has 1 heterocycles. The van der Waals surface area contributed by atoms with E-state index in [-0.39, 0.29) is 23.7 Å². The summed E-state index contributed by atoms with van der Waals surface area (Å²) in [7, 11) is 0. The van der Waals surface area contributed by atoms with Crippen molar-refractivity contribution in [3.63, 3.8) is 0 Å². The van der Waals surface area contributed by atoms with Crippen molar-refractivity contribution in [1.29, 1.82) is 0 Å². The third kappa shape index (κ3) is 1.62. The maximum absolute atomic E-state index is 11.9. The van der Waals surface area contributed by atoms with Crippen LogP contribution in [-0.4, -0.2) is 29.1 Å². The minimum Gasteiger partial charge on any atom is -0.458 e. The van der Waals surface area contributed by atoms with Crippen LogP contribution in [0.4, 0.5) is 0 Å². The number of hydrogen-bond acceptors (Lipinski definition) is 4. The second kappa shape index (κ2) is 4.04. The molecule has 1 saturated heterocycles. The number of allylic oxidation sites excluding steroid dienone is 1. The molecule has 0 spiro atoms. The molecule has 102 valence electrons. The summed E-state index contributed by atoms with van der Waals surface area (Å²) < 4.78 is 5.32. The number of aliphatic hydroxyl groups is 1. The highest BCUT2D eigenvalue weighted by Gasteiger charge is 2.51. The molecule has 0 radical (unpaired) electrons. The summed E-state index contributed by atoms with van der Waals surface area (Å²) >= 11 is 0. The van der Waals surface area contributed by atoms with Crippen molar-refractivity contribution in [2.24, 2.45) is 17.8 Å². The van der Waals surface area contributed by atoms with Gasteiger partial charge in [-0.25, -0.2) is 4.79 Å². The van der Waals surface area contributed by atoms with Crippen molar-refractivity contribution in [2.45, 2.75) is 38.9 Å². The highest BCUT2D eigenvalue weighted by atomic mass is 16.6. The average molecular weight is 262 g/mol. The fourth-order valence-corrected chi connectivity index (χ4v) is 3.81. The molecule has 0 aromatic carbocycles. The molecule has 0 aromatic rings. The van der Waals surface area contributed by atoms with E-state index in [0.717, 1.165) is 5.57 Å². The maximum Gasteiger partial charge on any atom is 0.334 e.